The lowest BCUT2D eigenvalue weighted by Gasteiger charge is -2.38. The highest BCUT2D eigenvalue weighted by Gasteiger charge is 2.51. The number of amides is 2. The topological polar surface area (TPSA) is 49.9 Å². The molecule has 2 aromatic rings. The van der Waals surface area contributed by atoms with Gasteiger partial charge < -0.3 is 14.5 Å². The Bertz CT molecular complexity index is 914. The predicted molar refractivity (Wildman–Crippen MR) is 104 cm³/mol. The number of carbonyl (C=O) groups excluding carboxylic acids is 2. The summed E-state index contributed by atoms with van der Waals surface area (Å²) in [5.74, 6) is 0.708. The molecule has 0 N–H and O–H groups in total. The van der Waals surface area contributed by atoms with Gasteiger partial charge in [-0.2, -0.15) is 0 Å². The molecule has 2 aliphatic rings. The van der Waals surface area contributed by atoms with E-state index in [0.717, 1.165) is 16.8 Å². The lowest BCUT2D eigenvalue weighted by atomic mass is 9.73. The monoisotopic (exact) mass is 364 g/mol. The number of aryl methyl sites for hydroxylation is 1. The summed E-state index contributed by atoms with van der Waals surface area (Å²) in [5.41, 5.74) is 3.21. The van der Waals surface area contributed by atoms with Gasteiger partial charge in [0, 0.05) is 25.8 Å². The predicted octanol–water partition coefficient (Wildman–Crippen LogP) is 3.15. The summed E-state index contributed by atoms with van der Waals surface area (Å²) in [7, 11) is 3.42. The Balaban J connectivity index is 1.58. The minimum atomic E-state index is -0.501. The van der Waals surface area contributed by atoms with Crippen molar-refractivity contribution in [3.63, 3.8) is 0 Å². The van der Waals surface area contributed by atoms with Crippen molar-refractivity contribution in [2.75, 3.05) is 32.1 Å². The number of piperidine rings is 1. The molecule has 2 heterocycles. The number of anilines is 1. The zero-order valence-corrected chi connectivity index (χ0v) is 16.0. The number of rotatable bonds is 2. The quantitative estimate of drug-likeness (QED) is 0.823. The molecule has 0 bridgehead atoms. The van der Waals surface area contributed by atoms with Crippen LogP contribution in [0.5, 0.6) is 5.75 Å². The fourth-order valence-electron chi connectivity index (χ4n) is 4.44. The molecule has 27 heavy (non-hydrogen) atoms. The highest BCUT2D eigenvalue weighted by atomic mass is 16.5. The van der Waals surface area contributed by atoms with E-state index in [1.807, 2.05) is 55.3 Å². The number of benzene rings is 2. The Morgan fingerprint density at radius 1 is 1.11 bits per heavy atom. The third-order valence-corrected chi connectivity index (χ3v) is 5.99. The maximum atomic E-state index is 13.0. The van der Waals surface area contributed by atoms with Crippen LogP contribution in [0.2, 0.25) is 0 Å². The van der Waals surface area contributed by atoms with E-state index in [1.165, 1.54) is 0 Å². The van der Waals surface area contributed by atoms with Gasteiger partial charge in [-0.1, -0.05) is 24.3 Å². The van der Waals surface area contributed by atoms with Crippen molar-refractivity contribution >= 4 is 17.5 Å². The third-order valence-electron chi connectivity index (χ3n) is 5.99. The van der Waals surface area contributed by atoms with Crippen LogP contribution in [0.3, 0.4) is 0 Å². The SMILES string of the molecule is COc1cc(C)ccc1C(=O)N1CCC2(CC1)C(=O)N(C)c1ccccc12. The Labute approximate surface area is 159 Å². The molecule has 0 atom stereocenters. The first-order valence-corrected chi connectivity index (χ1v) is 9.29. The zero-order valence-electron chi connectivity index (χ0n) is 16.0. The van der Waals surface area contributed by atoms with Gasteiger partial charge in [-0.25, -0.2) is 0 Å². The Morgan fingerprint density at radius 3 is 2.52 bits per heavy atom. The number of fused-ring (bicyclic) bond motifs is 2. The standard InChI is InChI=1S/C22H24N2O3/c1-15-8-9-16(19(14-15)27-3)20(25)24-12-10-22(11-13-24)17-6-4-5-7-18(17)23(2)21(22)26/h4-9,14H,10-13H2,1-3H3. The molecule has 0 aromatic heterocycles. The zero-order chi connectivity index (χ0) is 19.2. The highest BCUT2D eigenvalue weighted by molar-refractivity contribution is 6.08. The lowest BCUT2D eigenvalue weighted by molar-refractivity contribution is -0.124. The van der Waals surface area contributed by atoms with Gasteiger partial charge in [-0.15, -0.1) is 0 Å². The summed E-state index contributed by atoms with van der Waals surface area (Å²) in [5, 5.41) is 0. The number of para-hydroxylation sites is 1. The van der Waals surface area contributed by atoms with Crippen LogP contribution >= 0.6 is 0 Å². The molecule has 0 unspecified atom stereocenters. The molecule has 4 rings (SSSR count). The molecule has 140 valence electrons. The van der Waals surface area contributed by atoms with E-state index in [1.54, 1.807) is 12.0 Å². The van der Waals surface area contributed by atoms with E-state index >= 15 is 0 Å². The first kappa shape index (κ1) is 17.6. The van der Waals surface area contributed by atoms with E-state index < -0.39 is 5.41 Å². The second-order valence-electron chi connectivity index (χ2n) is 7.46. The molecular weight excluding hydrogens is 340 g/mol. The number of likely N-dealkylation sites (N-methyl/N-ethyl adjacent to an activating group) is 1. The van der Waals surface area contributed by atoms with Crippen LogP contribution in [0.1, 0.15) is 34.3 Å². The second kappa shape index (κ2) is 6.41. The second-order valence-corrected chi connectivity index (χ2v) is 7.46. The number of methoxy groups -OCH3 is 1. The molecule has 5 nitrogen and oxygen atoms in total. The van der Waals surface area contributed by atoms with Gasteiger partial charge in [0.1, 0.15) is 5.75 Å². The number of hydrogen-bond acceptors (Lipinski definition) is 3. The molecule has 1 fully saturated rings. The first-order valence-electron chi connectivity index (χ1n) is 9.29. The number of ether oxygens (including phenoxy) is 1. The summed E-state index contributed by atoms with van der Waals surface area (Å²) < 4.78 is 5.40. The van der Waals surface area contributed by atoms with Crippen LogP contribution in [-0.2, 0) is 10.2 Å². The molecule has 1 saturated heterocycles. The van der Waals surface area contributed by atoms with Crippen molar-refractivity contribution in [3.05, 3.63) is 59.2 Å². The van der Waals surface area contributed by atoms with Crippen molar-refractivity contribution < 1.29 is 14.3 Å². The third kappa shape index (κ3) is 2.60. The van der Waals surface area contributed by atoms with E-state index in [-0.39, 0.29) is 11.8 Å². The Kier molecular flexibility index (Phi) is 4.17. The molecule has 5 heteroatoms. The van der Waals surface area contributed by atoms with Gasteiger partial charge in [0.05, 0.1) is 18.1 Å². The van der Waals surface area contributed by atoms with Crippen molar-refractivity contribution in [1.82, 2.24) is 4.90 Å². The van der Waals surface area contributed by atoms with Crippen LogP contribution in [0.25, 0.3) is 0 Å². The van der Waals surface area contributed by atoms with Crippen molar-refractivity contribution in [2.45, 2.75) is 25.2 Å². The minimum absolute atomic E-state index is 0.0335. The molecule has 1 spiro atoms. The Morgan fingerprint density at radius 2 is 1.81 bits per heavy atom. The van der Waals surface area contributed by atoms with Crippen LogP contribution in [-0.4, -0.2) is 44.0 Å². The molecule has 0 aliphatic carbocycles. The lowest BCUT2D eigenvalue weighted by Crippen LogP contribution is -2.49. The van der Waals surface area contributed by atoms with Gasteiger partial charge in [-0.05, 0) is 49.1 Å². The van der Waals surface area contributed by atoms with Gasteiger partial charge in [-0.3, -0.25) is 9.59 Å². The largest absolute Gasteiger partial charge is 0.496 e. The molecule has 0 saturated carbocycles. The summed E-state index contributed by atoms with van der Waals surface area (Å²) in [6.45, 7) is 3.09. The fourth-order valence-corrected chi connectivity index (χ4v) is 4.44. The van der Waals surface area contributed by atoms with Crippen LogP contribution in [0.4, 0.5) is 5.69 Å². The van der Waals surface area contributed by atoms with Crippen molar-refractivity contribution in [3.8, 4) is 5.75 Å². The Hall–Kier alpha value is -2.82. The number of likely N-dealkylation sites (tertiary alicyclic amines) is 1. The fraction of sp³-hybridized carbons (Fsp3) is 0.364. The molecule has 2 aromatic carbocycles. The van der Waals surface area contributed by atoms with Crippen LogP contribution in [0.15, 0.2) is 42.5 Å². The summed E-state index contributed by atoms with van der Waals surface area (Å²) in [6.07, 6.45) is 1.29. The van der Waals surface area contributed by atoms with Crippen LogP contribution < -0.4 is 9.64 Å². The number of nitrogens with zero attached hydrogens (tertiary/aromatic N) is 2. The minimum Gasteiger partial charge on any atom is -0.496 e. The highest BCUT2D eigenvalue weighted by Crippen LogP contribution is 2.47. The average molecular weight is 364 g/mol. The van der Waals surface area contributed by atoms with E-state index in [4.69, 9.17) is 4.74 Å². The molecule has 2 aliphatic heterocycles. The number of hydrogen-bond donors (Lipinski definition) is 0. The summed E-state index contributed by atoms with van der Waals surface area (Å²) in [4.78, 5) is 29.7. The maximum Gasteiger partial charge on any atom is 0.257 e. The van der Waals surface area contributed by atoms with Crippen LogP contribution in [0, 0.1) is 6.92 Å². The van der Waals surface area contributed by atoms with Crippen molar-refractivity contribution in [2.24, 2.45) is 0 Å². The number of carbonyl (C=O) groups is 2. The smallest absolute Gasteiger partial charge is 0.257 e. The van der Waals surface area contributed by atoms with E-state index in [2.05, 4.69) is 6.07 Å². The molecular formula is C22H24N2O3. The van der Waals surface area contributed by atoms with E-state index in [0.29, 0.717) is 37.2 Å². The average Bonchev–Trinajstić information content (AvgIpc) is 2.90. The first-order chi connectivity index (χ1) is 13.0. The molecule has 2 amide bonds. The molecule has 0 radical (unpaired) electrons. The van der Waals surface area contributed by atoms with Crippen molar-refractivity contribution in [1.29, 1.82) is 0 Å². The van der Waals surface area contributed by atoms with Gasteiger partial charge >= 0.3 is 0 Å². The normalized spacial score (nSPS) is 18.0. The summed E-state index contributed by atoms with van der Waals surface area (Å²) in [6, 6.07) is 13.6. The van der Waals surface area contributed by atoms with Gasteiger partial charge in [0.2, 0.25) is 5.91 Å². The maximum absolute atomic E-state index is 13.0. The van der Waals surface area contributed by atoms with E-state index in [9.17, 15) is 9.59 Å². The van der Waals surface area contributed by atoms with Gasteiger partial charge in [0.15, 0.2) is 0 Å². The van der Waals surface area contributed by atoms with Gasteiger partial charge in [0.25, 0.3) is 5.91 Å². The summed E-state index contributed by atoms with van der Waals surface area (Å²) >= 11 is 0.